The van der Waals surface area contributed by atoms with E-state index >= 15 is 0 Å². The van der Waals surface area contributed by atoms with Crippen LogP contribution in [0.4, 0.5) is 0 Å². The molecule has 0 aromatic carbocycles. The van der Waals surface area contributed by atoms with Crippen LogP contribution in [0.2, 0.25) is 0 Å². The second-order valence-corrected chi connectivity index (χ2v) is 5.98. The summed E-state index contributed by atoms with van der Waals surface area (Å²) in [7, 11) is 0. The Hall–Kier alpha value is -6.04. The molecule has 32 heavy (non-hydrogen) atoms. The molecule has 2 aromatic heterocycles. The summed E-state index contributed by atoms with van der Waals surface area (Å²) in [6.45, 7) is -0.185. The van der Waals surface area contributed by atoms with Crippen LogP contribution in [0.25, 0.3) is 22.7 Å². The first-order valence-corrected chi connectivity index (χ1v) is 8.47. The van der Waals surface area contributed by atoms with Gasteiger partial charge in [0.05, 0.1) is 6.54 Å². The first-order valence-electron chi connectivity index (χ1n) is 8.47. The molecular weight excluding hydrogens is 408 g/mol. The average Bonchev–Trinajstić information content (AvgIpc) is 2.95. The zero-order chi connectivity index (χ0) is 22.8. The number of aromatic nitrogens is 4. The Balaban J connectivity index is 2.22. The molecule has 1 aliphatic carbocycles. The molecule has 0 unspecified atom stereocenters. The summed E-state index contributed by atoms with van der Waals surface area (Å²) in [6, 6.07) is 10.7. The molecule has 0 radical (unpaired) electrons. The van der Waals surface area contributed by atoms with Gasteiger partial charge in [0.15, 0.2) is 34.2 Å². The van der Waals surface area contributed by atoms with Gasteiger partial charge in [0.1, 0.15) is 64.9 Å². The van der Waals surface area contributed by atoms with Gasteiger partial charge in [0.2, 0.25) is 0 Å². The van der Waals surface area contributed by atoms with Crippen molar-refractivity contribution in [2.24, 2.45) is 9.98 Å². The fourth-order valence-corrected chi connectivity index (χ4v) is 2.91. The number of fused-ring (bicyclic) bond motifs is 5. The van der Waals surface area contributed by atoms with Crippen LogP contribution in [0, 0.1) is 68.0 Å². The summed E-state index contributed by atoms with van der Waals surface area (Å²) >= 11 is 0. The molecule has 0 N–H and O–H groups in total. The number of nitriles is 6. The number of nitrogens with zero attached hydrogens (tertiary/aromatic N) is 12. The molecule has 142 valence electrons. The van der Waals surface area contributed by atoms with Crippen LogP contribution in [0.5, 0.6) is 0 Å². The molecule has 0 saturated heterocycles. The summed E-state index contributed by atoms with van der Waals surface area (Å²) in [4.78, 5) is 24.9. The van der Waals surface area contributed by atoms with Gasteiger partial charge in [0.25, 0.3) is 0 Å². The Morgan fingerprint density at radius 3 is 1.53 bits per heavy atom. The molecule has 2 aliphatic rings. The predicted octanol–water partition coefficient (Wildman–Crippen LogP) is 0.700. The van der Waals surface area contributed by atoms with Gasteiger partial charge in [-0.2, -0.15) is 31.6 Å². The topological polar surface area (TPSA) is 219 Å². The minimum Gasteiger partial charge on any atom is -0.266 e. The molecule has 12 heteroatoms. The lowest BCUT2D eigenvalue weighted by molar-refractivity contribution is 1.05. The second-order valence-electron chi connectivity index (χ2n) is 5.98. The van der Waals surface area contributed by atoms with E-state index in [0.717, 1.165) is 0 Å². The third-order valence-electron chi connectivity index (χ3n) is 4.27. The van der Waals surface area contributed by atoms with Crippen molar-refractivity contribution >= 4 is 22.7 Å². The number of rotatable bonds is 0. The summed E-state index contributed by atoms with van der Waals surface area (Å²) in [5.41, 5.74) is 1.27. The van der Waals surface area contributed by atoms with Gasteiger partial charge in [-0.15, -0.1) is 0 Å². The number of hydrogen-bond acceptors (Lipinski definition) is 12. The van der Waals surface area contributed by atoms with Crippen molar-refractivity contribution in [3.05, 3.63) is 39.9 Å². The van der Waals surface area contributed by atoms with Gasteiger partial charge in [-0.3, -0.25) is 4.99 Å². The minimum absolute atomic E-state index is 0.00847. The maximum atomic E-state index is 9.43. The molecule has 4 rings (SSSR count). The molecule has 12 nitrogen and oxygen atoms in total. The van der Waals surface area contributed by atoms with E-state index in [9.17, 15) is 31.6 Å². The second kappa shape index (κ2) is 7.41. The molecule has 2 bridgehead atoms. The zero-order valence-corrected chi connectivity index (χ0v) is 15.6. The maximum absolute atomic E-state index is 9.43. The minimum atomic E-state index is -0.313. The Labute approximate surface area is 179 Å². The van der Waals surface area contributed by atoms with Crippen molar-refractivity contribution in [1.29, 1.82) is 31.6 Å². The highest BCUT2D eigenvalue weighted by molar-refractivity contribution is 6.54. The maximum Gasteiger partial charge on any atom is 0.177 e. The van der Waals surface area contributed by atoms with Gasteiger partial charge in [-0.05, 0) is 0 Å². The quantitative estimate of drug-likeness (QED) is 0.553. The monoisotopic (exact) mass is 410 g/mol. The molecule has 2 aromatic rings. The van der Waals surface area contributed by atoms with Gasteiger partial charge in [-0.25, -0.2) is 24.9 Å². The lowest BCUT2D eigenvalue weighted by Crippen LogP contribution is -2.12. The normalized spacial score (nSPS) is 12.9. The van der Waals surface area contributed by atoms with E-state index in [1.54, 1.807) is 36.4 Å². The molecule has 0 spiro atoms. The summed E-state index contributed by atoms with van der Waals surface area (Å²) in [5.74, 6) is 0. The van der Waals surface area contributed by atoms with Crippen LogP contribution >= 0.6 is 0 Å². The molecule has 1 aliphatic heterocycles. The SMILES string of the molecule is N#CC1=NCC2=C=C(N=C1C#N)c1nc(C#N)c(C#N)nc1-c1nc(C#N)c(C#N)nc12. The highest BCUT2D eigenvalue weighted by Gasteiger charge is 2.29. The van der Waals surface area contributed by atoms with E-state index in [-0.39, 0.29) is 74.8 Å². The van der Waals surface area contributed by atoms with Crippen molar-refractivity contribution < 1.29 is 0 Å². The van der Waals surface area contributed by atoms with Crippen molar-refractivity contribution in [1.82, 2.24) is 19.9 Å². The fourth-order valence-electron chi connectivity index (χ4n) is 2.91. The predicted molar refractivity (Wildman–Crippen MR) is 103 cm³/mol. The van der Waals surface area contributed by atoms with Crippen LogP contribution in [0.1, 0.15) is 34.2 Å². The number of hydrogen-bond donors (Lipinski definition) is 0. The fraction of sp³-hybridized carbons (Fsp3) is 0.0500. The highest BCUT2D eigenvalue weighted by atomic mass is 15.0. The third kappa shape index (κ3) is 2.82. The Bertz CT molecular complexity index is 1640. The third-order valence-corrected chi connectivity index (χ3v) is 4.27. The lowest BCUT2D eigenvalue weighted by atomic mass is 10.1. The van der Waals surface area contributed by atoms with E-state index in [1.165, 1.54) is 0 Å². The highest BCUT2D eigenvalue weighted by Crippen LogP contribution is 2.35. The van der Waals surface area contributed by atoms with Crippen molar-refractivity contribution in [3.8, 4) is 47.8 Å². The summed E-state index contributed by atoms with van der Waals surface area (Å²) in [5, 5.41) is 56.3. The lowest BCUT2D eigenvalue weighted by Gasteiger charge is -2.10. The van der Waals surface area contributed by atoms with Gasteiger partial charge < -0.3 is 0 Å². The molecular formula is C20H2N12. The summed E-state index contributed by atoms with van der Waals surface area (Å²) < 4.78 is 0. The van der Waals surface area contributed by atoms with E-state index in [0.29, 0.717) is 0 Å². The van der Waals surface area contributed by atoms with Crippen molar-refractivity contribution in [2.75, 3.05) is 6.54 Å². The molecule has 0 saturated carbocycles. The van der Waals surface area contributed by atoms with Crippen molar-refractivity contribution in [2.45, 2.75) is 0 Å². The van der Waals surface area contributed by atoms with Gasteiger partial charge >= 0.3 is 0 Å². The smallest absolute Gasteiger partial charge is 0.177 e. The molecule has 3 heterocycles. The van der Waals surface area contributed by atoms with Crippen LogP contribution in [-0.4, -0.2) is 37.9 Å². The van der Waals surface area contributed by atoms with Crippen LogP contribution < -0.4 is 0 Å². The van der Waals surface area contributed by atoms with E-state index < -0.39 is 0 Å². The van der Waals surface area contributed by atoms with Gasteiger partial charge in [-0.1, -0.05) is 5.73 Å². The van der Waals surface area contributed by atoms with E-state index in [1.807, 2.05) is 0 Å². The summed E-state index contributed by atoms with van der Waals surface area (Å²) in [6.07, 6.45) is 0. The van der Waals surface area contributed by atoms with E-state index in [2.05, 4.69) is 35.7 Å². The first-order chi connectivity index (χ1) is 15.6. The Kier molecular flexibility index (Phi) is 4.47. The Morgan fingerprint density at radius 1 is 0.562 bits per heavy atom. The molecule has 0 fully saturated rings. The first kappa shape index (κ1) is 19.3. The van der Waals surface area contributed by atoms with Crippen LogP contribution in [0.15, 0.2) is 15.7 Å². The average molecular weight is 410 g/mol. The van der Waals surface area contributed by atoms with Crippen LogP contribution in [-0.2, 0) is 0 Å². The number of aliphatic imine (C=N–C) groups is 2. The largest absolute Gasteiger partial charge is 0.266 e. The van der Waals surface area contributed by atoms with Gasteiger partial charge in [0, 0.05) is 5.57 Å². The zero-order valence-electron chi connectivity index (χ0n) is 15.6. The standard InChI is InChI=1S/C20H2N12/c21-2-11-12(3-22)28-10-1-9(8-27-11)17-19(31-15(6-25)13(4-23)29-17)20-18(10)30-14(5-24)16(7-26)32-20/h8H2. The van der Waals surface area contributed by atoms with Crippen LogP contribution in [0.3, 0.4) is 0 Å². The molecule has 0 atom stereocenters. The molecule has 0 amide bonds. The Morgan fingerprint density at radius 2 is 1.03 bits per heavy atom. The van der Waals surface area contributed by atoms with E-state index in [4.69, 9.17) is 0 Å². The van der Waals surface area contributed by atoms with Crippen molar-refractivity contribution in [3.63, 3.8) is 0 Å².